The van der Waals surface area contributed by atoms with Gasteiger partial charge in [-0.05, 0) is 92.1 Å². The Balaban J connectivity index is 1.70. The molecule has 0 radical (unpaired) electrons. The molecule has 1 N–H and O–H groups in total. The lowest BCUT2D eigenvalue weighted by Crippen LogP contribution is -2.30. The van der Waals surface area contributed by atoms with Gasteiger partial charge in [-0.1, -0.05) is 30.3 Å². The lowest BCUT2D eigenvalue weighted by atomic mass is 10.00. The van der Waals surface area contributed by atoms with E-state index in [1.165, 1.54) is 28.1 Å². The van der Waals surface area contributed by atoms with Crippen LogP contribution in [0, 0.1) is 20.8 Å². The summed E-state index contributed by atoms with van der Waals surface area (Å²) >= 11 is 5.90. The van der Waals surface area contributed by atoms with Crippen molar-refractivity contribution in [3.63, 3.8) is 0 Å². The maximum Gasteiger partial charge on any atom is 0.174 e. The second-order valence-corrected chi connectivity index (χ2v) is 8.82. The minimum Gasteiger partial charge on any atom is -0.351 e. The Morgan fingerprint density at radius 1 is 0.875 bits per heavy atom. The standard InChI is InChI=1S/C27H26N4S/c1-18-15-19(2)17-21(16-18)31-26(25(29-27(31)32)22-10-6-7-13-28-22)24-12-8-14-30(24)23-11-5-4-9-20(23)3/h4-17,25-26H,1-3H3,(H,29,32). The molecule has 1 aliphatic rings. The Kier molecular flexibility index (Phi) is 5.27. The number of nitrogens with zero attached hydrogens (tertiary/aromatic N) is 3. The fourth-order valence-electron chi connectivity index (χ4n) is 4.71. The average molecular weight is 439 g/mol. The van der Waals surface area contributed by atoms with Crippen LogP contribution in [0.15, 0.2) is 85.2 Å². The van der Waals surface area contributed by atoms with Crippen molar-refractivity contribution in [1.29, 1.82) is 0 Å². The van der Waals surface area contributed by atoms with E-state index < -0.39 is 0 Å². The highest BCUT2D eigenvalue weighted by Crippen LogP contribution is 2.42. The van der Waals surface area contributed by atoms with Crippen LogP contribution in [-0.2, 0) is 0 Å². The van der Waals surface area contributed by atoms with E-state index in [0.717, 1.165) is 11.4 Å². The highest BCUT2D eigenvalue weighted by molar-refractivity contribution is 7.80. The topological polar surface area (TPSA) is 33.1 Å². The van der Waals surface area contributed by atoms with E-state index in [2.05, 4.69) is 107 Å². The smallest absolute Gasteiger partial charge is 0.174 e. The number of para-hydroxylation sites is 1. The molecule has 1 saturated heterocycles. The SMILES string of the molecule is Cc1cc(C)cc(N2C(=S)NC(c3ccccn3)C2c2cccn2-c2ccccc2C)c1. The fraction of sp³-hybridized carbons (Fsp3) is 0.185. The van der Waals surface area contributed by atoms with Gasteiger partial charge in [0.2, 0.25) is 0 Å². The summed E-state index contributed by atoms with van der Waals surface area (Å²) in [5.74, 6) is 0. The molecule has 4 aromatic rings. The molecule has 0 aliphatic carbocycles. The van der Waals surface area contributed by atoms with Crippen molar-refractivity contribution in [1.82, 2.24) is 14.9 Å². The Morgan fingerprint density at radius 3 is 2.34 bits per heavy atom. The maximum absolute atomic E-state index is 5.90. The summed E-state index contributed by atoms with van der Waals surface area (Å²) in [6, 6.07) is 25.3. The number of anilines is 1. The van der Waals surface area contributed by atoms with Gasteiger partial charge in [-0.15, -0.1) is 0 Å². The van der Waals surface area contributed by atoms with E-state index in [0.29, 0.717) is 5.11 Å². The molecule has 0 saturated carbocycles. The highest BCUT2D eigenvalue weighted by Gasteiger charge is 2.42. The second-order valence-electron chi connectivity index (χ2n) is 8.43. The lowest BCUT2D eigenvalue weighted by Gasteiger charge is -2.29. The Hall–Kier alpha value is -3.44. The van der Waals surface area contributed by atoms with Gasteiger partial charge in [-0.25, -0.2) is 0 Å². The van der Waals surface area contributed by atoms with Crippen molar-refractivity contribution in [2.75, 3.05) is 4.90 Å². The number of aryl methyl sites for hydroxylation is 3. The molecule has 0 amide bonds. The number of aromatic nitrogens is 2. The second kappa shape index (κ2) is 8.24. The van der Waals surface area contributed by atoms with Gasteiger partial charge in [0.05, 0.1) is 11.7 Å². The summed E-state index contributed by atoms with van der Waals surface area (Å²) in [4.78, 5) is 6.93. The maximum atomic E-state index is 5.90. The van der Waals surface area contributed by atoms with Gasteiger partial charge >= 0.3 is 0 Å². The summed E-state index contributed by atoms with van der Waals surface area (Å²) in [6.45, 7) is 6.41. The molecule has 32 heavy (non-hydrogen) atoms. The first-order valence-corrected chi connectivity index (χ1v) is 11.3. The zero-order valence-electron chi connectivity index (χ0n) is 18.5. The Bertz CT molecular complexity index is 1260. The van der Waals surface area contributed by atoms with Crippen LogP contribution in [0.1, 0.15) is 40.2 Å². The van der Waals surface area contributed by atoms with E-state index >= 15 is 0 Å². The van der Waals surface area contributed by atoms with Crippen LogP contribution in [0.25, 0.3) is 5.69 Å². The number of rotatable bonds is 4. The van der Waals surface area contributed by atoms with Crippen molar-refractivity contribution >= 4 is 23.0 Å². The first-order chi connectivity index (χ1) is 15.5. The van der Waals surface area contributed by atoms with Gasteiger partial charge < -0.3 is 14.8 Å². The summed E-state index contributed by atoms with van der Waals surface area (Å²) in [5, 5.41) is 4.29. The summed E-state index contributed by atoms with van der Waals surface area (Å²) in [6.07, 6.45) is 3.98. The predicted molar refractivity (Wildman–Crippen MR) is 134 cm³/mol. The molecule has 2 atom stereocenters. The normalized spacial score (nSPS) is 18.1. The average Bonchev–Trinajstić information content (AvgIpc) is 3.38. The van der Waals surface area contributed by atoms with E-state index in [9.17, 15) is 0 Å². The molecule has 1 aliphatic heterocycles. The molecular weight excluding hydrogens is 412 g/mol. The van der Waals surface area contributed by atoms with Crippen LogP contribution < -0.4 is 10.2 Å². The molecule has 0 bridgehead atoms. The van der Waals surface area contributed by atoms with Crippen molar-refractivity contribution in [2.24, 2.45) is 0 Å². The molecule has 0 spiro atoms. The zero-order valence-corrected chi connectivity index (χ0v) is 19.3. The van der Waals surface area contributed by atoms with Crippen molar-refractivity contribution in [2.45, 2.75) is 32.9 Å². The van der Waals surface area contributed by atoms with Crippen molar-refractivity contribution < 1.29 is 0 Å². The van der Waals surface area contributed by atoms with E-state index in [4.69, 9.17) is 12.2 Å². The number of pyridine rings is 1. The molecule has 1 fully saturated rings. The molecular formula is C27H26N4S. The third-order valence-corrected chi connectivity index (χ3v) is 6.36. The number of thiocarbonyl (C=S) groups is 1. The molecule has 2 aromatic heterocycles. The molecule has 2 aromatic carbocycles. The molecule has 2 unspecified atom stereocenters. The number of nitrogens with one attached hydrogen (secondary N) is 1. The fourth-order valence-corrected chi connectivity index (χ4v) is 5.06. The molecule has 5 heteroatoms. The van der Waals surface area contributed by atoms with Crippen LogP contribution in [0.3, 0.4) is 0 Å². The first kappa shape index (κ1) is 20.5. The summed E-state index contributed by atoms with van der Waals surface area (Å²) in [7, 11) is 0. The van der Waals surface area contributed by atoms with Crippen molar-refractivity contribution in [3.05, 3.63) is 113 Å². The summed E-state index contributed by atoms with van der Waals surface area (Å²) in [5.41, 5.74) is 8.08. The minimum atomic E-state index is -0.0674. The zero-order chi connectivity index (χ0) is 22.2. The van der Waals surface area contributed by atoms with Gasteiger partial charge in [-0.2, -0.15) is 0 Å². The van der Waals surface area contributed by atoms with Gasteiger partial charge in [0, 0.05) is 29.5 Å². The van der Waals surface area contributed by atoms with E-state index in [1.807, 2.05) is 18.3 Å². The van der Waals surface area contributed by atoms with Gasteiger partial charge in [-0.3, -0.25) is 4.98 Å². The molecule has 3 heterocycles. The van der Waals surface area contributed by atoms with Gasteiger partial charge in [0.15, 0.2) is 5.11 Å². The molecule has 160 valence electrons. The lowest BCUT2D eigenvalue weighted by molar-refractivity contribution is 0.549. The van der Waals surface area contributed by atoms with E-state index in [-0.39, 0.29) is 12.1 Å². The monoisotopic (exact) mass is 438 g/mol. The first-order valence-electron chi connectivity index (χ1n) is 10.8. The van der Waals surface area contributed by atoms with Crippen LogP contribution in [0.2, 0.25) is 0 Å². The molecule has 4 nitrogen and oxygen atoms in total. The van der Waals surface area contributed by atoms with Gasteiger partial charge in [0.25, 0.3) is 0 Å². The summed E-state index contributed by atoms with van der Waals surface area (Å²) < 4.78 is 2.28. The van der Waals surface area contributed by atoms with Crippen LogP contribution >= 0.6 is 12.2 Å². The third kappa shape index (κ3) is 3.59. The van der Waals surface area contributed by atoms with Crippen molar-refractivity contribution in [3.8, 4) is 5.69 Å². The Labute approximate surface area is 194 Å². The quantitative estimate of drug-likeness (QED) is 0.398. The Morgan fingerprint density at radius 2 is 1.62 bits per heavy atom. The number of hydrogen-bond donors (Lipinski definition) is 1. The largest absolute Gasteiger partial charge is 0.351 e. The third-order valence-electron chi connectivity index (χ3n) is 6.04. The number of hydrogen-bond acceptors (Lipinski definition) is 2. The predicted octanol–water partition coefficient (Wildman–Crippen LogP) is 5.97. The van der Waals surface area contributed by atoms with Crippen LogP contribution in [-0.4, -0.2) is 14.7 Å². The molecule has 5 rings (SSSR count). The van der Waals surface area contributed by atoms with Crippen LogP contribution in [0.4, 0.5) is 5.69 Å². The van der Waals surface area contributed by atoms with Gasteiger partial charge in [0.1, 0.15) is 6.04 Å². The minimum absolute atomic E-state index is 0.0480. The van der Waals surface area contributed by atoms with E-state index in [1.54, 1.807) is 0 Å². The van der Waals surface area contributed by atoms with Crippen LogP contribution in [0.5, 0.6) is 0 Å². The number of benzene rings is 2. The highest BCUT2D eigenvalue weighted by atomic mass is 32.1.